The van der Waals surface area contributed by atoms with Crippen LogP contribution in [0.5, 0.6) is 0 Å². The molecule has 0 radical (unpaired) electrons. The number of ether oxygens (including phenoxy) is 1. The monoisotopic (exact) mass is 372 g/mol. The van der Waals surface area contributed by atoms with Crippen molar-refractivity contribution >= 4 is 23.5 Å². The summed E-state index contributed by atoms with van der Waals surface area (Å²) >= 11 is 0. The Morgan fingerprint density at radius 2 is 1.81 bits per heavy atom. The Morgan fingerprint density at radius 1 is 1.11 bits per heavy atom. The lowest BCUT2D eigenvalue weighted by Crippen LogP contribution is -2.47. The van der Waals surface area contributed by atoms with Gasteiger partial charge in [0.2, 0.25) is 5.91 Å². The number of carbonyl (C=O) groups is 3. The molecule has 2 aromatic rings. The summed E-state index contributed by atoms with van der Waals surface area (Å²) in [5, 5.41) is 5.49. The molecule has 2 atom stereocenters. The second-order valence-electron chi connectivity index (χ2n) is 6.10. The molecule has 0 aliphatic rings. The molecule has 2 N–H and O–H groups in total. The highest BCUT2D eigenvalue weighted by atomic mass is 16.5. The van der Waals surface area contributed by atoms with Gasteiger partial charge in [0.1, 0.15) is 6.04 Å². The van der Waals surface area contributed by atoms with Crippen molar-refractivity contribution in [1.82, 2.24) is 5.32 Å². The molecular weight excluding hydrogens is 348 g/mol. The van der Waals surface area contributed by atoms with E-state index in [1.54, 1.807) is 37.3 Å². The fourth-order valence-electron chi connectivity index (χ4n) is 2.45. The fourth-order valence-corrected chi connectivity index (χ4v) is 2.45. The van der Waals surface area contributed by atoms with Crippen LogP contribution >= 0.6 is 0 Å². The normalized spacial score (nSPS) is 12.7. The molecule has 0 saturated heterocycles. The molecule has 1 aromatic heterocycles. The third kappa shape index (κ3) is 5.44. The number of esters is 1. The van der Waals surface area contributed by atoms with E-state index >= 15 is 0 Å². The molecule has 1 aromatic carbocycles. The standard InChI is InChI=1S/C20H24N2O5/c1-4-13(3)17(22-18(23)16-7-6-12-27-16)19(24)21-15-10-8-14(9-11-15)20(25)26-5-2/h6-13,17H,4-5H2,1-3H3,(H,21,24)(H,22,23)/t13-,17-/m0/s1. The second-order valence-corrected chi connectivity index (χ2v) is 6.10. The van der Waals surface area contributed by atoms with Gasteiger partial charge < -0.3 is 19.8 Å². The van der Waals surface area contributed by atoms with Gasteiger partial charge in [0.05, 0.1) is 18.4 Å². The summed E-state index contributed by atoms with van der Waals surface area (Å²) in [6, 6.07) is 8.81. The van der Waals surface area contributed by atoms with Gasteiger partial charge in [-0.15, -0.1) is 0 Å². The van der Waals surface area contributed by atoms with Gasteiger partial charge in [-0.05, 0) is 49.2 Å². The predicted octanol–water partition coefficient (Wildman–Crippen LogP) is 3.24. The number of carbonyl (C=O) groups excluding carboxylic acids is 3. The van der Waals surface area contributed by atoms with Crippen molar-refractivity contribution in [3.8, 4) is 0 Å². The lowest BCUT2D eigenvalue weighted by molar-refractivity contribution is -0.119. The number of hydrogen-bond acceptors (Lipinski definition) is 5. The Labute approximate surface area is 158 Å². The maximum atomic E-state index is 12.7. The topological polar surface area (TPSA) is 97.6 Å². The molecule has 144 valence electrons. The zero-order valence-electron chi connectivity index (χ0n) is 15.7. The Balaban J connectivity index is 2.07. The SMILES string of the molecule is CCOC(=O)c1ccc(NC(=O)[C@@H](NC(=O)c2ccco2)[C@@H](C)CC)cc1. The first-order chi connectivity index (χ1) is 13.0. The molecular formula is C20H24N2O5. The van der Waals surface area contributed by atoms with Crippen molar-refractivity contribution in [2.75, 3.05) is 11.9 Å². The predicted molar refractivity (Wildman–Crippen MR) is 100 cm³/mol. The van der Waals surface area contributed by atoms with Crippen LogP contribution in [0.4, 0.5) is 5.69 Å². The summed E-state index contributed by atoms with van der Waals surface area (Å²) in [4.78, 5) is 36.6. The Bertz CT molecular complexity index is 768. The summed E-state index contributed by atoms with van der Waals surface area (Å²) in [6.07, 6.45) is 2.11. The van der Waals surface area contributed by atoms with Gasteiger partial charge in [0.25, 0.3) is 5.91 Å². The summed E-state index contributed by atoms with van der Waals surface area (Å²) in [7, 11) is 0. The average molecular weight is 372 g/mol. The number of amides is 2. The van der Waals surface area contributed by atoms with Gasteiger partial charge in [0, 0.05) is 5.69 Å². The first kappa shape index (κ1) is 20.2. The number of hydrogen-bond donors (Lipinski definition) is 2. The van der Waals surface area contributed by atoms with Crippen LogP contribution in [0.15, 0.2) is 47.1 Å². The molecule has 7 heteroatoms. The van der Waals surface area contributed by atoms with E-state index < -0.39 is 17.9 Å². The lowest BCUT2D eigenvalue weighted by atomic mass is 9.98. The first-order valence-electron chi connectivity index (χ1n) is 8.88. The molecule has 0 fully saturated rings. The van der Waals surface area contributed by atoms with Crippen LogP contribution in [0.2, 0.25) is 0 Å². The zero-order valence-corrected chi connectivity index (χ0v) is 15.7. The van der Waals surface area contributed by atoms with Crippen LogP contribution in [0.3, 0.4) is 0 Å². The Morgan fingerprint density at radius 3 is 2.37 bits per heavy atom. The van der Waals surface area contributed by atoms with Crippen LogP contribution in [-0.2, 0) is 9.53 Å². The van der Waals surface area contributed by atoms with Crippen molar-refractivity contribution in [2.24, 2.45) is 5.92 Å². The van der Waals surface area contributed by atoms with E-state index in [1.165, 1.54) is 12.3 Å². The molecule has 0 unspecified atom stereocenters. The summed E-state index contributed by atoms with van der Waals surface area (Å²) in [5.74, 6) is -1.14. The number of anilines is 1. The van der Waals surface area contributed by atoms with Crippen molar-refractivity contribution < 1.29 is 23.5 Å². The van der Waals surface area contributed by atoms with Crippen molar-refractivity contribution in [2.45, 2.75) is 33.2 Å². The van der Waals surface area contributed by atoms with E-state index in [2.05, 4.69) is 10.6 Å². The fraction of sp³-hybridized carbons (Fsp3) is 0.350. The van der Waals surface area contributed by atoms with Crippen molar-refractivity contribution in [3.63, 3.8) is 0 Å². The highest BCUT2D eigenvalue weighted by Gasteiger charge is 2.27. The van der Waals surface area contributed by atoms with Crippen LogP contribution in [-0.4, -0.2) is 30.4 Å². The van der Waals surface area contributed by atoms with Crippen LogP contribution in [0.1, 0.15) is 48.1 Å². The van der Waals surface area contributed by atoms with Gasteiger partial charge in [-0.3, -0.25) is 9.59 Å². The highest BCUT2D eigenvalue weighted by Crippen LogP contribution is 2.15. The molecule has 27 heavy (non-hydrogen) atoms. The van der Waals surface area contributed by atoms with Crippen LogP contribution < -0.4 is 10.6 Å². The first-order valence-corrected chi connectivity index (χ1v) is 8.88. The molecule has 0 aliphatic carbocycles. The average Bonchev–Trinajstić information content (AvgIpc) is 3.21. The molecule has 0 bridgehead atoms. The van der Waals surface area contributed by atoms with E-state index in [-0.39, 0.29) is 17.6 Å². The highest BCUT2D eigenvalue weighted by molar-refractivity contribution is 6.00. The van der Waals surface area contributed by atoms with Gasteiger partial charge >= 0.3 is 5.97 Å². The van der Waals surface area contributed by atoms with E-state index in [0.29, 0.717) is 24.3 Å². The number of nitrogens with one attached hydrogen (secondary N) is 2. The van der Waals surface area contributed by atoms with E-state index in [1.807, 2.05) is 13.8 Å². The quantitative estimate of drug-likeness (QED) is 0.693. The van der Waals surface area contributed by atoms with Crippen LogP contribution in [0, 0.1) is 5.92 Å². The van der Waals surface area contributed by atoms with Gasteiger partial charge in [-0.25, -0.2) is 4.79 Å². The maximum Gasteiger partial charge on any atom is 0.338 e. The maximum absolute atomic E-state index is 12.7. The third-order valence-electron chi connectivity index (χ3n) is 4.19. The Kier molecular flexibility index (Phi) is 7.16. The van der Waals surface area contributed by atoms with Crippen LogP contribution in [0.25, 0.3) is 0 Å². The smallest absolute Gasteiger partial charge is 0.338 e. The molecule has 0 aliphatic heterocycles. The molecule has 1 heterocycles. The van der Waals surface area contributed by atoms with E-state index in [4.69, 9.17) is 9.15 Å². The molecule has 7 nitrogen and oxygen atoms in total. The minimum Gasteiger partial charge on any atom is -0.462 e. The van der Waals surface area contributed by atoms with Gasteiger partial charge in [-0.2, -0.15) is 0 Å². The van der Waals surface area contributed by atoms with Gasteiger partial charge in [-0.1, -0.05) is 20.3 Å². The minimum absolute atomic E-state index is 0.0808. The largest absolute Gasteiger partial charge is 0.462 e. The minimum atomic E-state index is -0.725. The number of benzene rings is 1. The summed E-state index contributed by atoms with van der Waals surface area (Å²) in [6.45, 7) is 5.86. The molecule has 2 amide bonds. The molecule has 0 spiro atoms. The number of furan rings is 1. The van der Waals surface area contributed by atoms with Gasteiger partial charge in [0.15, 0.2) is 5.76 Å². The van der Waals surface area contributed by atoms with E-state index in [0.717, 1.165) is 0 Å². The van der Waals surface area contributed by atoms with E-state index in [9.17, 15) is 14.4 Å². The molecule has 0 saturated carbocycles. The zero-order chi connectivity index (χ0) is 19.8. The van der Waals surface area contributed by atoms with Crippen molar-refractivity contribution in [1.29, 1.82) is 0 Å². The summed E-state index contributed by atoms with van der Waals surface area (Å²) in [5.41, 5.74) is 0.924. The Hall–Kier alpha value is -3.09. The molecule has 2 rings (SSSR count). The lowest BCUT2D eigenvalue weighted by Gasteiger charge is -2.23. The third-order valence-corrected chi connectivity index (χ3v) is 4.19. The van der Waals surface area contributed by atoms with Crippen molar-refractivity contribution in [3.05, 3.63) is 54.0 Å². The number of rotatable bonds is 8. The second kappa shape index (κ2) is 9.56. The summed E-state index contributed by atoms with van der Waals surface area (Å²) < 4.78 is 10.0.